The Hall–Kier alpha value is -4.35. The van der Waals surface area contributed by atoms with E-state index < -0.39 is 0 Å². The number of thioether (sulfide) groups is 1. The first-order valence-electron chi connectivity index (χ1n) is 11.4. The van der Waals surface area contributed by atoms with Crippen molar-refractivity contribution in [2.24, 2.45) is 0 Å². The number of allylic oxidation sites excluding steroid dienone is 1. The third kappa shape index (κ3) is 3.65. The molecule has 3 heterocycles. The van der Waals surface area contributed by atoms with Crippen LogP contribution in [-0.4, -0.2) is 6.98 Å². The molecule has 0 fully saturated rings. The van der Waals surface area contributed by atoms with Crippen molar-refractivity contribution in [2.45, 2.75) is 5.25 Å². The normalized spacial score (nSPS) is 15.1. The number of hydrogen-bond acceptors (Lipinski definition) is 6. The lowest BCUT2D eigenvalue weighted by Gasteiger charge is -2.39. The van der Waals surface area contributed by atoms with Gasteiger partial charge in [0.05, 0.1) is 21.3 Å². The van der Waals surface area contributed by atoms with Crippen LogP contribution in [-0.2, 0) is 0 Å². The highest BCUT2D eigenvalue weighted by Gasteiger charge is 2.41. The number of para-hydroxylation sites is 2. The molecule has 1 N–H and O–H groups in total. The smallest absolute Gasteiger partial charge is 0.404 e. The van der Waals surface area contributed by atoms with Gasteiger partial charge in [0.25, 0.3) is 0 Å². The summed E-state index contributed by atoms with van der Waals surface area (Å²) < 4.78 is 0. The van der Waals surface area contributed by atoms with E-state index in [9.17, 15) is 10.5 Å². The highest BCUT2D eigenvalue weighted by molar-refractivity contribution is 8.02. The van der Waals surface area contributed by atoms with Crippen molar-refractivity contribution in [2.75, 3.05) is 10.0 Å². The highest BCUT2D eigenvalue weighted by Crippen LogP contribution is 2.45. The van der Waals surface area contributed by atoms with Crippen LogP contribution in [0.4, 0.5) is 17.1 Å². The minimum absolute atomic E-state index is 0.0185. The van der Waals surface area contributed by atoms with Crippen LogP contribution in [0.5, 0.6) is 0 Å². The Morgan fingerprint density at radius 1 is 0.889 bits per heavy atom. The fourth-order valence-electron chi connectivity index (χ4n) is 4.78. The molecule has 0 bridgehead atoms. The van der Waals surface area contributed by atoms with Crippen LogP contribution in [0.15, 0.2) is 89.7 Å². The average Bonchev–Trinajstić information content (AvgIpc) is 3.43. The lowest BCUT2D eigenvalue weighted by atomic mass is 9.58. The zero-order valence-corrected chi connectivity index (χ0v) is 20.6. The van der Waals surface area contributed by atoms with Crippen molar-refractivity contribution in [1.29, 1.82) is 10.5 Å². The molecule has 7 heteroatoms. The first-order valence-corrected chi connectivity index (χ1v) is 13.2. The number of nitrogens with zero attached hydrogens (tertiary/aromatic N) is 3. The van der Waals surface area contributed by atoms with Gasteiger partial charge < -0.3 is 10.0 Å². The summed E-state index contributed by atoms with van der Waals surface area (Å²) in [6.07, 6.45) is 1.88. The molecule has 0 radical (unpaired) electrons. The fraction of sp³-hybridized carbons (Fsp3) is 0.0345. The van der Waals surface area contributed by atoms with E-state index in [4.69, 9.17) is 0 Å². The van der Waals surface area contributed by atoms with E-state index in [2.05, 4.69) is 63.7 Å². The first-order chi connectivity index (χ1) is 17.8. The molecule has 6 rings (SSSR count). The summed E-state index contributed by atoms with van der Waals surface area (Å²) in [6.45, 7) is -0.365. The third-order valence-electron chi connectivity index (χ3n) is 6.31. The van der Waals surface area contributed by atoms with Crippen LogP contribution in [0.1, 0.15) is 21.9 Å². The second-order valence-electron chi connectivity index (χ2n) is 8.25. The summed E-state index contributed by atoms with van der Waals surface area (Å²) in [7, 11) is 0. The Labute approximate surface area is 218 Å². The molecule has 1 atom stereocenters. The van der Waals surface area contributed by atoms with E-state index in [1.54, 1.807) is 23.1 Å². The number of benzene rings is 3. The second-order valence-corrected chi connectivity index (χ2v) is 10.2. The topological polar surface area (TPSA) is 62.9 Å². The SMILES string of the molecule is N#Cc1ccccc1NB1c2c(cccc2C2C#CC=CS2)-c2sccc2N1c1ccccc1C#N. The predicted molar refractivity (Wildman–Crippen MR) is 150 cm³/mol. The van der Waals surface area contributed by atoms with Gasteiger partial charge in [-0.15, -0.1) is 23.1 Å². The minimum atomic E-state index is -0.365. The Morgan fingerprint density at radius 3 is 2.50 bits per heavy atom. The molecular weight excluding hydrogens is 479 g/mol. The van der Waals surface area contributed by atoms with Crippen molar-refractivity contribution in [3.8, 4) is 34.4 Å². The number of rotatable bonds is 4. The zero-order valence-electron chi connectivity index (χ0n) is 19.0. The molecule has 2 aliphatic heterocycles. The number of thiophene rings is 1. The molecule has 4 nitrogen and oxygen atoms in total. The van der Waals surface area contributed by atoms with E-state index in [0.717, 1.165) is 38.5 Å². The zero-order chi connectivity index (χ0) is 24.5. The number of anilines is 3. The summed E-state index contributed by atoms with van der Waals surface area (Å²) in [5.41, 5.74) is 7.12. The van der Waals surface area contributed by atoms with Crippen molar-refractivity contribution in [3.63, 3.8) is 0 Å². The Morgan fingerprint density at radius 2 is 1.69 bits per heavy atom. The average molecular weight is 496 g/mol. The monoisotopic (exact) mass is 496 g/mol. The lowest BCUT2D eigenvalue weighted by molar-refractivity contribution is 1.28. The molecular formula is C29H17BN4S2. The molecule has 2 aliphatic rings. The third-order valence-corrected chi connectivity index (χ3v) is 8.18. The summed E-state index contributed by atoms with van der Waals surface area (Å²) in [6, 6.07) is 28.4. The van der Waals surface area contributed by atoms with Gasteiger partial charge in [-0.2, -0.15) is 10.5 Å². The Bertz CT molecular complexity index is 1660. The van der Waals surface area contributed by atoms with Crippen LogP contribution < -0.4 is 15.5 Å². The van der Waals surface area contributed by atoms with E-state index >= 15 is 0 Å². The van der Waals surface area contributed by atoms with Gasteiger partial charge in [0.15, 0.2) is 0 Å². The van der Waals surface area contributed by atoms with Crippen LogP contribution in [0, 0.1) is 34.5 Å². The van der Waals surface area contributed by atoms with Gasteiger partial charge in [-0.05, 0) is 63.8 Å². The number of nitriles is 2. The van der Waals surface area contributed by atoms with Crippen molar-refractivity contribution < 1.29 is 0 Å². The lowest BCUT2D eigenvalue weighted by Crippen LogP contribution is -2.56. The largest absolute Gasteiger partial charge is 0.414 e. The molecule has 4 aromatic rings. The molecule has 0 saturated carbocycles. The fourth-order valence-corrected chi connectivity index (χ4v) is 6.49. The van der Waals surface area contributed by atoms with Gasteiger partial charge in [-0.3, -0.25) is 0 Å². The number of nitrogens with one attached hydrogen (secondary N) is 1. The molecule has 168 valence electrons. The number of hydrogen-bond donors (Lipinski definition) is 1. The minimum Gasteiger partial charge on any atom is -0.404 e. The van der Waals surface area contributed by atoms with Crippen molar-refractivity contribution in [3.05, 3.63) is 106 Å². The van der Waals surface area contributed by atoms with Gasteiger partial charge >= 0.3 is 6.98 Å². The molecule has 3 aromatic carbocycles. The maximum Gasteiger partial charge on any atom is 0.414 e. The molecule has 0 aliphatic carbocycles. The summed E-state index contributed by atoms with van der Waals surface area (Å²) in [5, 5.41) is 27.6. The molecule has 0 spiro atoms. The van der Waals surface area contributed by atoms with Crippen molar-refractivity contribution >= 4 is 52.6 Å². The summed E-state index contributed by atoms with van der Waals surface area (Å²) in [4.78, 5) is 3.34. The standard InChI is InChI=1S/C29H17BN4S2/c31-18-20-8-1-3-12-24(20)33-30-28-22(27-14-5-6-16-35-27)10-7-11-23(28)29-26(15-17-36-29)34(30)25-13-4-2-9-21(25)19-32/h1-4,6-13,15-17,27,33H. The van der Waals surface area contributed by atoms with E-state index in [1.807, 2.05) is 60.0 Å². The second kappa shape index (κ2) is 9.36. The van der Waals surface area contributed by atoms with Crippen LogP contribution >= 0.6 is 23.1 Å². The maximum atomic E-state index is 9.99. The molecule has 0 saturated heterocycles. The molecule has 0 amide bonds. The predicted octanol–water partition coefficient (Wildman–Crippen LogP) is 6.42. The van der Waals surface area contributed by atoms with Crippen LogP contribution in [0.2, 0.25) is 0 Å². The van der Waals surface area contributed by atoms with Gasteiger partial charge in [0.2, 0.25) is 0 Å². The molecule has 1 unspecified atom stereocenters. The first kappa shape index (κ1) is 22.1. The van der Waals surface area contributed by atoms with E-state index in [-0.39, 0.29) is 12.2 Å². The summed E-state index contributed by atoms with van der Waals surface area (Å²) in [5.74, 6) is 6.50. The summed E-state index contributed by atoms with van der Waals surface area (Å²) >= 11 is 3.38. The van der Waals surface area contributed by atoms with Gasteiger partial charge in [0, 0.05) is 17.1 Å². The van der Waals surface area contributed by atoms with Crippen LogP contribution in [0.25, 0.3) is 10.4 Å². The Balaban J connectivity index is 1.64. The van der Waals surface area contributed by atoms with Gasteiger partial charge in [-0.25, -0.2) is 0 Å². The number of fused-ring (bicyclic) bond motifs is 3. The highest BCUT2D eigenvalue weighted by atomic mass is 32.2. The van der Waals surface area contributed by atoms with E-state index in [0.29, 0.717) is 11.1 Å². The van der Waals surface area contributed by atoms with Crippen molar-refractivity contribution in [1.82, 2.24) is 0 Å². The van der Waals surface area contributed by atoms with Gasteiger partial charge in [0.1, 0.15) is 12.1 Å². The molecule has 1 aromatic heterocycles. The maximum absolute atomic E-state index is 9.99. The Kier molecular flexibility index (Phi) is 5.76. The van der Waals surface area contributed by atoms with Gasteiger partial charge in [-0.1, -0.05) is 54.3 Å². The quantitative estimate of drug-likeness (QED) is 0.261. The van der Waals surface area contributed by atoms with E-state index in [1.165, 1.54) is 0 Å². The molecule has 36 heavy (non-hydrogen) atoms. The van der Waals surface area contributed by atoms with Crippen LogP contribution in [0.3, 0.4) is 0 Å².